The number of rotatable bonds is 7. The van der Waals surface area contributed by atoms with Crippen molar-refractivity contribution in [1.29, 1.82) is 0 Å². The Labute approximate surface area is 335 Å². The van der Waals surface area contributed by atoms with E-state index < -0.39 is 0 Å². The van der Waals surface area contributed by atoms with E-state index in [0.717, 1.165) is 28.3 Å². The first-order valence-electron chi connectivity index (χ1n) is 19.4. The topological polar surface area (TPSA) is 8.17 Å². The van der Waals surface area contributed by atoms with Gasteiger partial charge in [-0.2, -0.15) is 0 Å². The maximum Gasteiger partial charge on any atom is 0.0562 e. The third kappa shape index (κ3) is 5.63. The van der Waals surface area contributed by atoms with Crippen molar-refractivity contribution in [2.45, 2.75) is 0 Å². The molecule has 0 bridgehead atoms. The Kier molecular flexibility index (Phi) is 8.04. The smallest absolute Gasteiger partial charge is 0.0562 e. The average Bonchev–Trinajstić information content (AvgIpc) is 3.83. The summed E-state index contributed by atoms with van der Waals surface area (Å²) in [6, 6.07) is 79.4. The highest BCUT2D eigenvalue weighted by Gasteiger charge is 2.22. The highest BCUT2D eigenvalue weighted by Crippen LogP contribution is 2.46. The fourth-order valence-electron chi connectivity index (χ4n) is 8.61. The number of nitrogens with zero attached hydrogens (tertiary/aromatic N) is 2. The summed E-state index contributed by atoms with van der Waals surface area (Å²) in [4.78, 5) is 2.41. The maximum atomic E-state index is 2.51. The van der Waals surface area contributed by atoms with Gasteiger partial charge in [0.25, 0.3) is 0 Å². The van der Waals surface area contributed by atoms with Crippen molar-refractivity contribution in [2.24, 2.45) is 0 Å². The zero-order chi connectivity index (χ0) is 37.7. The van der Waals surface area contributed by atoms with E-state index >= 15 is 0 Å². The molecule has 2 heterocycles. The third-order valence-electron chi connectivity index (χ3n) is 11.2. The molecule has 0 spiro atoms. The van der Waals surface area contributed by atoms with Crippen LogP contribution in [0, 0.1) is 0 Å². The highest BCUT2D eigenvalue weighted by molar-refractivity contribution is 7.26. The fraction of sp³-hybridized carbons (Fsp3) is 0. The van der Waals surface area contributed by atoms with Gasteiger partial charge in [0.15, 0.2) is 0 Å². The maximum absolute atomic E-state index is 2.51. The summed E-state index contributed by atoms with van der Waals surface area (Å²) in [5.74, 6) is 0. The fourth-order valence-corrected chi connectivity index (χ4v) is 9.84. The molecular formula is C54H36N2S. The van der Waals surface area contributed by atoms with Crippen molar-refractivity contribution >= 4 is 70.4 Å². The van der Waals surface area contributed by atoms with E-state index in [0.29, 0.717) is 0 Å². The Morgan fingerprint density at radius 2 is 0.982 bits per heavy atom. The Morgan fingerprint density at radius 1 is 0.351 bits per heavy atom. The second-order valence-corrected chi connectivity index (χ2v) is 15.5. The molecule has 268 valence electrons. The minimum atomic E-state index is 1.09. The van der Waals surface area contributed by atoms with Crippen LogP contribution in [-0.2, 0) is 0 Å². The van der Waals surface area contributed by atoms with Crippen LogP contribution < -0.4 is 4.90 Å². The molecule has 0 aliphatic carbocycles. The minimum Gasteiger partial charge on any atom is -0.310 e. The largest absolute Gasteiger partial charge is 0.310 e. The second-order valence-electron chi connectivity index (χ2n) is 14.5. The number of fused-ring (bicyclic) bond motifs is 6. The normalized spacial score (nSPS) is 11.5. The summed E-state index contributed by atoms with van der Waals surface area (Å²) < 4.78 is 5.12. The zero-order valence-corrected chi connectivity index (χ0v) is 31.9. The second kappa shape index (κ2) is 13.8. The molecule has 0 N–H and O–H groups in total. The predicted octanol–water partition coefficient (Wildman–Crippen LogP) is 15.6. The Bertz CT molecular complexity index is 3230. The van der Waals surface area contributed by atoms with Crippen molar-refractivity contribution in [3.63, 3.8) is 0 Å². The average molecular weight is 745 g/mol. The summed E-state index contributed by atoms with van der Waals surface area (Å²) >= 11 is 1.88. The van der Waals surface area contributed by atoms with Gasteiger partial charge >= 0.3 is 0 Å². The third-order valence-corrected chi connectivity index (χ3v) is 12.4. The van der Waals surface area contributed by atoms with Gasteiger partial charge in [0.05, 0.1) is 22.4 Å². The molecule has 0 saturated heterocycles. The molecule has 0 aliphatic heterocycles. The molecule has 0 fully saturated rings. The van der Waals surface area contributed by atoms with Crippen LogP contribution in [0.3, 0.4) is 0 Å². The van der Waals surface area contributed by atoms with Crippen LogP contribution in [0.1, 0.15) is 0 Å². The lowest BCUT2D eigenvalue weighted by Gasteiger charge is -2.28. The summed E-state index contributed by atoms with van der Waals surface area (Å²) in [7, 11) is 0. The molecule has 3 heteroatoms. The van der Waals surface area contributed by atoms with E-state index in [1.807, 2.05) is 11.3 Å². The van der Waals surface area contributed by atoms with Crippen LogP contribution in [-0.4, -0.2) is 4.57 Å². The number of hydrogen-bond acceptors (Lipinski definition) is 2. The molecule has 0 radical (unpaired) electrons. The van der Waals surface area contributed by atoms with Gasteiger partial charge in [-0.15, -0.1) is 11.3 Å². The molecule has 57 heavy (non-hydrogen) atoms. The zero-order valence-electron chi connectivity index (χ0n) is 31.1. The van der Waals surface area contributed by atoms with E-state index in [1.165, 1.54) is 69.8 Å². The van der Waals surface area contributed by atoms with Gasteiger partial charge in [-0.3, -0.25) is 0 Å². The van der Waals surface area contributed by atoms with E-state index in [4.69, 9.17) is 0 Å². The number of hydrogen-bond donors (Lipinski definition) is 0. The SMILES string of the molecule is c1ccc(-c2ccc(-c3cccc4c3sc3ccccc34)c(-n3c4ccccc4c4ccc(N(c5ccccc5)c5ccccc5-c5ccccc5)cc43)c2)cc1. The van der Waals surface area contributed by atoms with E-state index in [2.05, 4.69) is 228 Å². The van der Waals surface area contributed by atoms with Crippen LogP contribution in [0.4, 0.5) is 17.1 Å². The molecule has 0 aliphatic rings. The number of anilines is 3. The lowest BCUT2D eigenvalue weighted by atomic mass is 9.96. The molecular weight excluding hydrogens is 709 g/mol. The number of benzene rings is 9. The summed E-state index contributed by atoms with van der Waals surface area (Å²) in [5.41, 5.74) is 14.0. The van der Waals surface area contributed by atoms with Gasteiger partial charge in [0.2, 0.25) is 0 Å². The number of para-hydroxylation sites is 3. The van der Waals surface area contributed by atoms with Crippen molar-refractivity contribution in [2.75, 3.05) is 4.90 Å². The van der Waals surface area contributed by atoms with E-state index in [1.54, 1.807) is 0 Å². The molecule has 2 nitrogen and oxygen atoms in total. The van der Waals surface area contributed by atoms with Crippen LogP contribution in [0.15, 0.2) is 218 Å². The van der Waals surface area contributed by atoms with Crippen LogP contribution >= 0.6 is 11.3 Å². The molecule has 11 aromatic rings. The van der Waals surface area contributed by atoms with Crippen molar-refractivity contribution in [3.05, 3.63) is 218 Å². The van der Waals surface area contributed by atoms with Gasteiger partial charge in [-0.25, -0.2) is 0 Å². The van der Waals surface area contributed by atoms with Crippen LogP contribution in [0.2, 0.25) is 0 Å². The predicted molar refractivity (Wildman–Crippen MR) is 245 cm³/mol. The molecule has 0 unspecified atom stereocenters. The summed E-state index contributed by atoms with van der Waals surface area (Å²) in [6.45, 7) is 0. The quantitative estimate of drug-likeness (QED) is 0.158. The molecule has 0 amide bonds. The molecule has 2 aromatic heterocycles. The van der Waals surface area contributed by atoms with Gasteiger partial charge in [0.1, 0.15) is 0 Å². The number of thiophene rings is 1. The van der Waals surface area contributed by atoms with E-state index in [9.17, 15) is 0 Å². The van der Waals surface area contributed by atoms with Gasteiger partial charge in [0, 0.05) is 59.0 Å². The lowest BCUT2D eigenvalue weighted by Crippen LogP contribution is -2.11. The Hall–Kier alpha value is -7.20. The molecule has 0 atom stereocenters. The molecule has 9 aromatic carbocycles. The number of aromatic nitrogens is 1. The minimum absolute atomic E-state index is 1.09. The molecule has 0 saturated carbocycles. The first kappa shape index (κ1) is 33.2. The van der Waals surface area contributed by atoms with Crippen molar-refractivity contribution in [1.82, 2.24) is 4.57 Å². The highest BCUT2D eigenvalue weighted by atomic mass is 32.1. The van der Waals surface area contributed by atoms with E-state index in [-0.39, 0.29) is 0 Å². The Balaban J connectivity index is 1.21. The lowest BCUT2D eigenvalue weighted by molar-refractivity contribution is 1.18. The molecule has 11 rings (SSSR count). The van der Waals surface area contributed by atoms with Crippen molar-refractivity contribution in [3.8, 4) is 39.1 Å². The van der Waals surface area contributed by atoms with Crippen LogP contribution in [0.5, 0.6) is 0 Å². The van der Waals surface area contributed by atoms with Gasteiger partial charge in [-0.05, 0) is 65.2 Å². The summed E-state index contributed by atoms with van der Waals surface area (Å²) in [5, 5.41) is 5.05. The first-order chi connectivity index (χ1) is 28.3. The first-order valence-corrected chi connectivity index (χ1v) is 20.3. The standard InChI is InChI=1S/C54H36N2S/c1-4-17-37(18-5-1)39-31-33-45(47-26-16-27-48-46-25-12-15-30-53(46)57-54(47)48)51(35-39)56-50-29-14-11-24-43(50)44-34-32-41(36-52(44)56)55(40-21-8-3-9-22-40)49-28-13-10-23-42(49)38-19-6-2-7-20-38/h1-36H. The van der Waals surface area contributed by atoms with Gasteiger partial charge < -0.3 is 9.47 Å². The monoisotopic (exact) mass is 744 g/mol. The van der Waals surface area contributed by atoms with Crippen molar-refractivity contribution < 1.29 is 0 Å². The Morgan fingerprint density at radius 3 is 1.81 bits per heavy atom. The van der Waals surface area contributed by atoms with Gasteiger partial charge in [-0.1, -0.05) is 170 Å². The summed E-state index contributed by atoms with van der Waals surface area (Å²) in [6.07, 6.45) is 0. The van der Waals surface area contributed by atoms with Crippen LogP contribution in [0.25, 0.3) is 81.0 Å².